The zero-order chi connectivity index (χ0) is 23.8. The predicted molar refractivity (Wildman–Crippen MR) is 123 cm³/mol. The normalized spacial score (nSPS) is 22.3. The van der Waals surface area contributed by atoms with Gasteiger partial charge < -0.3 is 14.2 Å². The molecule has 33 heavy (non-hydrogen) atoms. The summed E-state index contributed by atoms with van der Waals surface area (Å²) in [5.41, 5.74) is 1.29. The van der Waals surface area contributed by atoms with E-state index in [1.165, 1.54) is 6.07 Å². The van der Waals surface area contributed by atoms with Crippen LogP contribution < -0.4 is 9.47 Å². The van der Waals surface area contributed by atoms with Crippen molar-refractivity contribution < 1.29 is 23.9 Å². The highest BCUT2D eigenvalue weighted by Gasteiger charge is 2.48. The Balaban J connectivity index is 1.65. The second kappa shape index (κ2) is 8.86. The number of fused-ring (bicyclic) bond motifs is 1. The first-order valence-electron chi connectivity index (χ1n) is 10.9. The third-order valence-electron chi connectivity index (χ3n) is 6.95. The van der Waals surface area contributed by atoms with Crippen molar-refractivity contribution >= 4 is 11.7 Å². The summed E-state index contributed by atoms with van der Waals surface area (Å²) in [6, 6.07) is 10.6. The highest BCUT2D eigenvalue weighted by atomic mass is 16.6. The van der Waals surface area contributed by atoms with E-state index in [1.54, 1.807) is 33.3 Å². The molecule has 0 amide bonds. The quantitative estimate of drug-likeness (QED) is 0.364. The number of likely N-dealkylation sites (tertiary alicyclic amines) is 1. The van der Waals surface area contributed by atoms with Crippen LogP contribution in [-0.2, 0) is 10.2 Å². The summed E-state index contributed by atoms with van der Waals surface area (Å²) in [6.07, 6.45) is 4.30. The fourth-order valence-corrected chi connectivity index (χ4v) is 5.18. The van der Waals surface area contributed by atoms with Gasteiger partial charge in [-0.05, 0) is 62.7 Å². The van der Waals surface area contributed by atoms with Crippen molar-refractivity contribution in [3.8, 4) is 11.5 Å². The van der Waals surface area contributed by atoms with Gasteiger partial charge in [0.15, 0.2) is 11.5 Å². The molecule has 1 aliphatic heterocycles. The minimum absolute atomic E-state index is 0.0000889. The summed E-state index contributed by atoms with van der Waals surface area (Å²) in [6.45, 7) is 2.58. The van der Waals surface area contributed by atoms with Crippen LogP contribution in [0.3, 0.4) is 0 Å². The number of nitrogens with zero attached hydrogens (tertiary/aromatic N) is 2. The van der Waals surface area contributed by atoms with E-state index >= 15 is 0 Å². The monoisotopic (exact) mass is 452 g/mol. The first-order chi connectivity index (χ1) is 15.8. The van der Waals surface area contributed by atoms with Gasteiger partial charge in [-0.15, -0.1) is 0 Å². The molecule has 2 aromatic rings. The first kappa shape index (κ1) is 22.8. The Hall–Kier alpha value is -3.39. The molecule has 1 unspecified atom stereocenters. The van der Waals surface area contributed by atoms with E-state index in [2.05, 4.69) is 18.0 Å². The Kier molecular flexibility index (Phi) is 6.12. The number of nitro benzene ring substituents is 1. The maximum Gasteiger partial charge on any atom is 0.350 e. The van der Waals surface area contributed by atoms with Crippen molar-refractivity contribution in [2.45, 2.75) is 37.6 Å². The molecule has 2 aliphatic rings. The highest BCUT2D eigenvalue weighted by Crippen LogP contribution is 2.49. The van der Waals surface area contributed by atoms with Crippen molar-refractivity contribution in [1.29, 1.82) is 0 Å². The van der Waals surface area contributed by atoms with Crippen LogP contribution in [0, 0.1) is 17.0 Å². The summed E-state index contributed by atoms with van der Waals surface area (Å²) >= 11 is 0. The lowest BCUT2D eigenvalue weighted by Gasteiger charge is -2.40. The second-order valence-electron chi connectivity index (χ2n) is 8.65. The number of nitro groups is 1. The number of ether oxygens (including phenoxy) is 3. The minimum atomic E-state index is -0.690. The molecule has 0 bridgehead atoms. The van der Waals surface area contributed by atoms with E-state index in [0.717, 1.165) is 24.9 Å². The molecule has 2 aromatic carbocycles. The van der Waals surface area contributed by atoms with Crippen LogP contribution in [0.5, 0.6) is 11.5 Å². The smallest absolute Gasteiger partial charge is 0.350 e. The molecule has 1 heterocycles. The molecule has 2 atom stereocenters. The zero-order valence-electron chi connectivity index (χ0n) is 19.3. The zero-order valence-corrected chi connectivity index (χ0v) is 19.3. The van der Waals surface area contributed by atoms with Crippen LogP contribution in [0.15, 0.2) is 48.2 Å². The summed E-state index contributed by atoms with van der Waals surface area (Å²) in [5, 5.41) is 11.4. The van der Waals surface area contributed by atoms with E-state index < -0.39 is 10.9 Å². The number of allylic oxidation sites excluding steroid dienone is 1. The minimum Gasteiger partial charge on any atom is -0.493 e. The molecule has 0 saturated carbocycles. The van der Waals surface area contributed by atoms with Crippen LogP contribution in [0.1, 0.15) is 40.7 Å². The van der Waals surface area contributed by atoms with E-state index in [1.807, 2.05) is 18.2 Å². The Morgan fingerprint density at radius 3 is 2.61 bits per heavy atom. The van der Waals surface area contributed by atoms with Crippen molar-refractivity contribution in [1.82, 2.24) is 4.90 Å². The number of hydrogen-bond donors (Lipinski definition) is 0. The number of aryl methyl sites for hydroxylation is 1. The molecule has 4 rings (SSSR count). The van der Waals surface area contributed by atoms with Crippen LogP contribution >= 0.6 is 0 Å². The first-order valence-corrected chi connectivity index (χ1v) is 10.9. The molecule has 1 fully saturated rings. The number of likely N-dealkylation sites (N-methyl/N-ethyl adjacent to an activating group) is 1. The Bertz CT molecular complexity index is 1130. The summed E-state index contributed by atoms with van der Waals surface area (Å²) in [7, 11) is 5.30. The number of rotatable bonds is 6. The van der Waals surface area contributed by atoms with Crippen LogP contribution in [0.4, 0.5) is 5.69 Å². The summed E-state index contributed by atoms with van der Waals surface area (Å²) in [4.78, 5) is 26.0. The largest absolute Gasteiger partial charge is 0.493 e. The Labute approximate surface area is 192 Å². The van der Waals surface area contributed by atoms with Gasteiger partial charge >= 0.3 is 5.97 Å². The topological polar surface area (TPSA) is 91.1 Å². The molecule has 0 aromatic heterocycles. The number of hydrogen-bond acceptors (Lipinski definition) is 7. The maximum atomic E-state index is 12.9. The average Bonchev–Trinajstić information content (AvgIpc) is 3.15. The van der Waals surface area contributed by atoms with Gasteiger partial charge in [0.1, 0.15) is 11.3 Å². The lowest BCUT2D eigenvalue weighted by Crippen LogP contribution is -2.42. The third kappa shape index (κ3) is 3.95. The van der Waals surface area contributed by atoms with E-state index in [-0.39, 0.29) is 22.7 Å². The molecule has 8 heteroatoms. The van der Waals surface area contributed by atoms with E-state index in [0.29, 0.717) is 29.2 Å². The molecule has 8 nitrogen and oxygen atoms in total. The van der Waals surface area contributed by atoms with Gasteiger partial charge in [0.05, 0.1) is 19.1 Å². The van der Waals surface area contributed by atoms with Gasteiger partial charge in [-0.1, -0.05) is 18.2 Å². The van der Waals surface area contributed by atoms with Crippen molar-refractivity contribution in [3.63, 3.8) is 0 Å². The van der Waals surface area contributed by atoms with Gasteiger partial charge in [-0.25, -0.2) is 4.79 Å². The predicted octanol–water partition coefficient (Wildman–Crippen LogP) is 4.40. The fraction of sp³-hybridized carbons (Fsp3) is 0.400. The molecule has 0 radical (unpaired) electrons. The Morgan fingerprint density at radius 1 is 1.15 bits per heavy atom. The number of benzene rings is 2. The number of methoxy groups -OCH3 is 2. The number of carbonyl (C=O) groups excluding carboxylic acids is 1. The third-order valence-corrected chi connectivity index (χ3v) is 6.95. The second-order valence-corrected chi connectivity index (χ2v) is 8.65. The molecular weight excluding hydrogens is 424 g/mol. The molecule has 1 saturated heterocycles. The highest BCUT2D eigenvalue weighted by molar-refractivity contribution is 5.96. The van der Waals surface area contributed by atoms with E-state index in [4.69, 9.17) is 14.2 Å². The fourth-order valence-electron chi connectivity index (χ4n) is 5.18. The molecular formula is C25H28N2O6. The number of carbonyl (C=O) groups is 1. The molecule has 0 N–H and O–H groups in total. The molecule has 0 spiro atoms. The van der Waals surface area contributed by atoms with Crippen molar-refractivity contribution in [2.24, 2.45) is 0 Å². The summed E-state index contributed by atoms with van der Waals surface area (Å²) in [5.74, 6) is 1.23. The van der Waals surface area contributed by atoms with Gasteiger partial charge in [-0.3, -0.25) is 15.0 Å². The van der Waals surface area contributed by atoms with Gasteiger partial charge in [0, 0.05) is 23.9 Å². The lowest BCUT2D eigenvalue weighted by molar-refractivity contribution is -0.385. The molecule has 174 valence electrons. The van der Waals surface area contributed by atoms with Crippen molar-refractivity contribution in [3.05, 3.63) is 75.0 Å². The van der Waals surface area contributed by atoms with Crippen LogP contribution in [0.2, 0.25) is 0 Å². The summed E-state index contributed by atoms with van der Waals surface area (Å²) < 4.78 is 16.6. The van der Waals surface area contributed by atoms with Gasteiger partial charge in [-0.2, -0.15) is 0 Å². The lowest BCUT2D eigenvalue weighted by atomic mass is 9.68. The van der Waals surface area contributed by atoms with E-state index in [9.17, 15) is 14.9 Å². The van der Waals surface area contributed by atoms with Crippen LogP contribution in [-0.4, -0.2) is 49.6 Å². The van der Waals surface area contributed by atoms with Gasteiger partial charge in [0.2, 0.25) is 0 Å². The SMILES string of the molecule is COc1ccc([C@@]23CCC(OC(=O)c4c(C)cccc4[N+](=O)[O-])=CC2N(C)CC3)cc1OC. The standard InChI is InChI=1S/C25H28N2O6/c1-16-6-5-7-19(27(29)30)23(16)24(28)33-18-10-11-25(12-13-26(2)22(25)15-18)17-8-9-20(31-3)21(14-17)32-4/h5-9,14-15,22H,10-13H2,1-4H3/t22?,25-/m0/s1. The maximum absolute atomic E-state index is 12.9. The Morgan fingerprint density at radius 2 is 1.91 bits per heavy atom. The van der Waals surface area contributed by atoms with Gasteiger partial charge in [0.25, 0.3) is 5.69 Å². The number of esters is 1. The molecule has 1 aliphatic carbocycles. The van der Waals surface area contributed by atoms with Crippen molar-refractivity contribution in [2.75, 3.05) is 27.8 Å². The van der Waals surface area contributed by atoms with Crippen LogP contribution in [0.25, 0.3) is 0 Å². The average molecular weight is 453 g/mol.